The number of nitrogens with zero attached hydrogens (tertiary/aromatic N) is 2. The molecular formula is C10H20N2O2. The maximum atomic E-state index is 11.4. The fraction of sp³-hybridized carbons (Fsp3) is 0.800. The van der Waals surface area contributed by atoms with Crippen LogP contribution in [0.4, 0.5) is 0 Å². The first-order valence-corrected chi connectivity index (χ1v) is 4.83. The van der Waals surface area contributed by atoms with Gasteiger partial charge in [-0.05, 0) is 0 Å². The lowest BCUT2D eigenvalue weighted by Gasteiger charge is -2.22. The minimum atomic E-state index is 0.0163. The number of rotatable bonds is 4. The van der Waals surface area contributed by atoms with Crippen LogP contribution in [0.3, 0.4) is 0 Å². The monoisotopic (exact) mass is 200 g/mol. The Balaban J connectivity index is 3.90. The largest absolute Gasteiger partial charge is 0.344 e. The Kier molecular flexibility index (Phi) is 5.20. The van der Waals surface area contributed by atoms with E-state index in [9.17, 15) is 9.59 Å². The van der Waals surface area contributed by atoms with E-state index in [1.54, 1.807) is 23.9 Å². The molecule has 2 amide bonds. The normalized spacial score (nSPS) is 10.1. The second-order valence-electron chi connectivity index (χ2n) is 3.86. The van der Waals surface area contributed by atoms with Crippen LogP contribution in [0.25, 0.3) is 0 Å². The molecule has 0 aromatic heterocycles. The van der Waals surface area contributed by atoms with Gasteiger partial charge in [0.1, 0.15) is 0 Å². The molecule has 14 heavy (non-hydrogen) atoms. The van der Waals surface area contributed by atoms with Crippen molar-refractivity contribution in [2.24, 2.45) is 5.92 Å². The Morgan fingerprint density at radius 3 is 1.86 bits per heavy atom. The number of hydrogen-bond acceptors (Lipinski definition) is 2. The van der Waals surface area contributed by atoms with Gasteiger partial charge in [0.05, 0.1) is 0 Å². The summed E-state index contributed by atoms with van der Waals surface area (Å²) in [6.45, 7) is 6.43. The Labute approximate surface area is 85.9 Å². The van der Waals surface area contributed by atoms with Crippen LogP contribution in [0.1, 0.15) is 20.8 Å². The van der Waals surface area contributed by atoms with Gasteiger partial charge in [-0.2, -0.15) is 0 Å². The number of likely N-dealkylation sites (N-methyl/N-ethyl adjacent to an activating group) is 2. The molecule has 0 atom stereocenters. The van der Waals surface area contributed by atoms with E-state index in [1.807, 2.05) is 13.8 Å². The predicted molar refractivity (Wildman–Crippen MR) is 55.8 cm³/mol. The topological polar surface area (TPSA) is 40.6 Å². The molecule has 0 aliphatic heterocycles. The van der Waals surface area contributed by atoms with Crippen molar-refractivity contribution in [2.45, 2.75) is 20.8 Å². The van der Waals surface area contributed by atoms with Crippen molar-refractivity contribution >= 4 is 11.8 Å². The molecule has 0 aromatic rings. The van der Waals surface area contributed by atoms with Crippen LogP contribution < -0.4 is 0 Å². The van der Waals surface area contributed by atoms with Gasteiger partial charge in [0.2, 0.25) is 11.8 Å². The second kappa shape index (κ2) is 5.62. The first-order valence-electron chi connectivity index (χ1n) is 4.83. The van der Waals surface area contributed by atoms with Gasteiger partial charge < -0.3 is 9.80 Å². The Morgan fingerprint density at radius 1 is 1.07 bits per heavy atom. The predicted octanol–water partition coefficient (Wildman–Crippen LogP) is 0.579. The maximum absolute atomic E-state index is 11.4. The van der Waals surface area contributed by atoms with Gasteiger partial charge in [0.15, 0.2) is 0 Å². The molecule has 0 bridgehead atoms. The van der Waals surface area contributed by atoms with Crippen LogP contribution in [-0.4, -0.2) is 48.8 Å². The SMILES string of the molecule is CC(=O)N(C)CCN(C)C(=O)C(C)C. The molecule has 0 aliphatic rings. The summed E-state index contributed by atoms with van der Waals surface area (Å²) >= 11 is 0. The molecule has 4 heteroatoms. The van der Waals surface area contributed by atoms with Gasteiger partial charge in [-0.25, -0.2) is 0 Å². The van der Waals surface area contributed by atoms with Gasteiger partial charge in [0, 0.05) is 40.0 Å². The standard InChI is InChI=1S/C10H20N2O2/c1-8(2)10(14)12(5)7-6-11(4)9(3)13/h8H,6-7H2,1-5H3. The molecule has 0 unspecified atom stereocenters. The van der Waals surface area contributed by atoms with Gasteiger partial charge in [-0.1, -0.05) is 13.8 Å². The van der Waals surface area contributed by atoms with Crippen molar-refractivity contribution in [3.8, 4) is 0 Å². The summed E-state index contributed by atoms with van der Waals surface area (Å²) in [6, 6.07) is 0. The molecule has 0 rings (SSSR count). The highest BCUT2D eigenvalue weighted by Crippen LogP contribution is 1.98. The molecule has 4 nitrogen and oxygen atoms in total. The van der Waals surface area contributed by atoms with E-state index in [4.69, 9.17) is 0 Å². The number of carbonyl (C=O) groups is 2. The summed E-state index contributed by atoms with van der Waals surface area (Å²) in [5.74, 6) is 0.153. The molecule has 0 saturated carbocycles. The van der Waals surface area contributed by atoms with Crippen molar-refractivity contribution in [1.29, 1.82) is 0 Å². The van der Waals surface area contributed by atoms with Gasteiger partial charge in [-0.15, -0.1) is 0 Å². The molecule has 0 spiro atoms. The molecule has 0 aromatic carbocycles. The number of carbonyl (C=O) groups excluding carboxylic acids is 2. The highest BCUT2D eigenvalue weighted by atomic mass is 16.2. The van der Waals surface area contributed by atoms with Crippen molar-refractivity contribution in [3.63, 3.8) is 0 Å². The van der Waals surface area contributed by atoms with Crippen LogP contribution in [-0.2, 0) is 9.59 Å². The average molecular weight is 200 g/mol. The average Bonchev–Trinajstić information content (AvgIpc) is 2.11. The zero-order valence-electron chi connectivity index (χ0n) is 9.70. The van der Waals surface area contributed by atoms with Crippen LogP contribution in [0.15, 0.2) is 0 Å². The highest BCUT2D eigenvalue weighted by molar-refractivity contribution is 5.78. The maximum Gasteiger partial charge on any atom is 0.224 e. The van der Waals surface area contributed by atoms with E-state index in [-0.39, 0.29) is 17.7 Å². The fourth-order valence-electron chi connectivity index (χ4n) is 1.01. The zero-order valence-corrected chi connectivity index (χ0v) is 9.70. The lowest BCUT2D eigenvalue weighted by Crippen LogP contribution is -2.38. The summed E-state index contributed by atoms with van der Waals surface area (Å²) in [6.07, 6.45) is 0. The first kappa shape index (κ1) is 12.9. The third-order valence-electron chi connectivity index (χ3n) is 2.18. The molecule has 0 aliphatic carbocycles. The van der Waals surface area contributed by atoms with Gasteiger partial charge in [0.25, 0.3) is 0 Å². The minimum absolute atomic E-state index is 0.0163. The Hall–Kier alpha value is -1.06. The Bertz CT molecular complexity index is 214. The minimum Gasteiger partial charge on any atom is -0.344 e. The summed E-state index contributed by atoms with van der Waals surface area (Å²) in [4.78, 5) is 25.6. The van der Waals surface area contributed by atoms with E-state index in [0.717, 1.165) is 0 Å². The van der Waals surface area contributed by atoms with Crippen molar-refractivity contribution in [1.82, 2.24) is 9.80 Å². The van der Waals surface area contributed by atoms with Crippen LogP contribution in [0, 0.1) is 5.92 Å². The van der Waals surface area contributed by atoms with Crippen molar-refractivity contribution < 1.29 is 9.59 Å². The molecule has 0 heterocycles. The quantitative estimate of drug-likeness (QED) is 0.666. The van der Waals surface area contributed by atoms with Gasteiger partial charge >= 0.3 is 0 Å². The summed E-state index contributed by atoms with van der Waals surface area (Å²) in [5, 5.41) is 0. The first-order chi connectivity index (χ1) is 6.36. The highest BCUT2D eigenvalue weighted by Gasteiger charge is 2.13. The van der Waals surface area contributed by atoms with E-state index >= 15 is 0 Å². The summed E-state index contributed by atoms with van der Waals surface area (Å²) in [5.41, 5.74) is 0. The van der Waals surface area contributed by atoms with E-state index < -0.39 is 0 Å². The molecule has 0 N–H and O–H groups in total. The van der Waals surface area contributed by atoms with Gasteiger partial charge in [-0.3, -0.25) is 9.59 Å². The third kappa shape index (κ3) is 4.25. The van der Waals surface area contributed by atoms with Crippen molar-refractivity contribution in [3.05, 3.63) is 0 Å². The summed E-state index contributed by atoms with van der Waals surface area (Å²) in [7, 11) is 3.49. The van der Waals surface area contributed by atoms with E-state index in [1.165, 1.54) is 6.92 Å². The number of amides is 2. The molecule has 82 valence electrons. The lowest BCUT2D eigenvalue weighted by molar-refractivity contribution is -0.134. The van der Waals surface area contributed by atoms with Crippen LogP contribution in [0.2, 0.25) is 0 Å². The Morgan fingerprint density at radius 2 is 1.50 bits per heavy atom. The van der Waals surface area contributed by atoms with Crippen molar-refractivity contribution in [2.75, 3.05) is 27.2 Å². The molecule has 0 radical (unpaired) electrons. The third-order valence-corrected chi connectivity index (χ3v) is 2.18. The van der Waals surface area contributed by atoms with Crippen LogP contribution in [0.5, 0.6) is 0 Å². The second-order valence-corrected chi connectivity index (χ2v) is 3.86. The zero-order chi connectivity index (χ0) is 11.3. The number of hydrogen-bond donors (Lipinski definition) is 0. The molecule has 0 saturated heterocycles. The van der Waals surface area contributed by atoms with Crippen LogP contribution >= 0.6 is 0 Å². The molecular weight excluding hydrogens is 180 g/mol. The van der Waals surface area contributed by atoms with E-state index in [2.05, 4.69) is 0 Å². The van der Waals surface area contributed by atoms with E-state index in [0.29, 0.717) is 13.1 Å². The fourth-order valence-corrected chi connectivity index (χ4v) is 1.01. The smallest absolute Gasteiger partial charge is 0.224 e. The summed E-state index contributed by atoms with van der Waals surface area (Å²) < 4.78 is 0. The molecule has 0 fully saturated rings. The lowest BCUT2D eigenvalue weighted by atomic mass is 10.2.